The van der Waals surface area contributed by atoms with Crippen LogP contribution in [0.25, 0.3) is 0 Å². The van der Waals surface area contributed by atoms with Crippen LogP contribution in [-0.4, -0.2) is 11.0 Å². The van der Waals surface area contributed by atoms with E-state index in [0.717, 1.165) is 10.0 Å². The molecule has 0 spiro atoms. The van der Waals surface area contributed by atoms with Crippen LogP contribution in [0, 0.1) is 16.0 Å². The van der Waals surface area contributed by atoms with Crippen molar-refractivity contribution in [1.29, 1.82) is 0 Å². The number of halogens is 1. The summed E-state index contributed by atoms with van der Waals surface area (Å²) in [5.41, 5.74) is 0.941. The van der Waals surface area contributed by atoms with Crippen molar-refractivity contribution in [2.45, 2.75) is 45.2 Å². The molecule has 5 heteroatoms. The highest BCUT2D eigenvalue weighted by molar-refractivity contribution is 9.10. The molecular weight excluding hydrogens is 308 g/mol. The van der Waals surface area contributed by atoms with Gasteiger partial charge in [-0.2, -0.15) is 0 Å². The lowest BCUT2D eigenvalue weighted by Crippen LogP contribution is -2.36. The summed E-state index contributed by atoms with van der Waals surface area (Å²) in [7, 11) is 0. The maximum absolute atomic E-state index is 11.0. The number of nitrogens with zero attached hydrogens (tertiary/aromatic N) is 1. The van der Waals surface area contributed by atoms with Crippen LogP contribution in [-0.2, 0) is 6.54 Å². The first-order chi connectivity index (χ1) is 9.08. The van der Waals surface area contributed by atoms with E-state index in [0.29, 0.717) is 18.5 Å². The molecular formula is C14H19BrN2O2. The third-order valence-electron chi connectivity index (χ3n) is 3.90. The number of nitro benzene ring substituents is 1. The van der Waals surface area contributed by atoms with Gasteiger partial charge in [0, 0.05) is 28.7 Å². The quantitative estimate of drug-likeness (QED) is 0.671. The zero-order valence-electron chi connectivity index (χ0n) is 11.1. The molecule has 0 aliphatic heterocycles. The van der Waals surface area contributed by atoms with Crippen LogP contribution in [0.5, 0.6) is 0 Å². The topological polar surface area (TPSA) is 55.2 Å². The minimum Gasteiger partial charge on any atom is -0.309 e. The predicted octanol–water partition coefficient (Wildman–Crippen LogP) is 4.03. The van der Waals surface area contributed by atoms with Crippen LogP contribution in [0.2, 0.25) is 0 Å². The minimum absolute atomic E-state index is 0.194. The van der Waals surface area contributed by atoms with Gasteiger partial charge in [-0.15, -0.1) is 0 Å². The van der Waals surface area contributed by atoms with E-state index in [2.05, 4.69) is 28.2 Å². The van der Waals surface area contributed by atoms with Crippen molar-refractivity contribution in [3.63, 3.8) is 0 Å². The van der Waals surface area contributed by atoms with E-state index in [1.54, 1.807) is 12.1 Å². The summed E-state index contributed by atoms with van der Waals surface area (Å²) in [5.74, 6) is 0.653. The van der Waals surface area contributed by atoms with E-state index in [1.165, 1.54) is 25.7 Å². The lowest BCUT2D eigenvalue weighted by molar-refractivity contribution is -0.385. The molecule has 0 amide bonds. The van der Waals surface area contributed by atoms with Crippen LogP contribution < -0.4 is 5.32 Å². The molecule has 2 atom stereocenters. The fraction of sp³-hybridized carbons (Fsp3) is 0.571. The maximum atomic E-state index is 11.0. The van der Waals surface area contributed by atoms with Crippen molar-refractivity contribution in [1.82, 2.24) is 5.32 Å². The lowest BCUT2D eigenvalue weighted by atomic mass is 9.86. The van der Waals surface area contributed by atoms with Crippen molar-refractivity contribution < 1.29 is 4.92 Å². The monoisotopic (exact) mass is 326 g/mol. The number of rotatable bonds is 4. The van der Waals surface area contributed by atoms with Crippen molar-refractivity contribution in [2.24, 2.45) is 5.92 Å². The number of nitro groups is 1. The highest BCUT2D eigenvalue weighted by Crippen LogP contribution is 2.26. The van der Waals surface area contributed by atoms with Gasteiger partial charge >= 0.3 is 0 Å². The standard InChI is InChI=1S/C14H19BrN2O2/c1-10-4-2-3-5-13(10)16-9-11-8-12(15)6-7-14(11)17(18)19/h6-8,10,13,16H,2-5,9H2,1H3. The zero-order valence-corrected chi connectivity index (χ0v) is 12.6. The third-order valence-corrected chi connectivity index (χ3v) is 4.40. The Kier molecular flexibility index (Phi) is 4.93. The highest BCUT2D eigenvalue weighted by atomic mass is 79.9. The second kappa shape index (κ2) is 6.48. The van der Waals surface area contributed by atoms with Crippen molar-refractivity contribution >= 4 is 21.6 Å². The van der Waals surface area contributed by atoms with E-state index in [4.69, 9.17) is 0 Å². The first-order valence-corrected chi connectivity index (χ1v) is 7.53. The third kappa shape index (κ3) is 3.76. The van der Waals surface area contributed by atoms with E-state index >= 15 is 0 Å². The molecule has 0 aromatic heterocycles. The second-order valence-corrected chi connectivity index (χ2v) is 6.19. The van der Waals surface area contributed by atoms with Crippen LogP contribution in [0.15, 0.2) is 22.7 Å². The van der Waals surface area contributed by atoms with Crippen LogP contribution >= 0.6 is 15.9 Å². The molecule has 1 aromatic rings. The molecule has 0 saturated heterocycles. The average Bonchev–Trinajstić information content (AvgIpc) is 2.37. The van der Waals surface area contributed by atoms with E-state index < -0.39 is 0 Å². The highest BCUT2D eigenvalue weighted by Gasteiger charge is 2.22. The predicted molar refractivity (Wildman–Crippen MR) is 79.1 cm³/mol. The Morgan fingerprint density at radius 1 is 1.42 bits per heavy atom. The Labute approximate surface area is 121 Å². The smallest absolute Gasteiger partial charge is 0.273 e. The van der Waals surface area contributed by atoms with Gasteiger partial charge < -0.3 is 5.32 Å². The first-order valence-electron chi connectivity index (χ1n) is 6.74. The molecule has 1 aliphatic rings. The zero-order chi connectivity index (χ0) is 13.8. The average molecular weight is 327 g/mol. The van der Waals surface area contributed by atoms with Gasteiger partial charge in [0.15, 0.2) is 0 Å². The Hall–Kier alpha value is -0.940. The molecule has 1 aromatic carbocycles. The summed E-state index contributed by atoms with van der Waals surface area (Å²) in [5, 5.41) is 14.5. The van der Waals surface area contributed by atoms with Gasteiger partial charge in [0.05, 0.1) is 4.92 Å². The van der Waals surface area contributed by atoms with Gasteiger partial charge in [-0.1, -0.05) is 35.7 Å². The van der Waals surface area contributed by atoms with Gasteiger partial charge in [-0.3, -0.25) is 10.1 Å². The molecule has 1 N–H and O–H groups in total. The molecule has 2 unspecified atom stereocenters. The Morgan fingerprint density at radius 3 is 2.84 bits per heavy atom. The first kappa shape index (κ1) is 14.5. The maximum Gasteiger partial charge on any atom is 0.273 e. The van der Waals surface area contributed by atoms with E-state index in [-0.39, 0.29) is 10.6 Å². The van der Waals surface area contributed by atoms with Gasteiger partial charge in [0.25, 0.3) is 5.69 Å². The summed E-state index contributed by atoms with van der Waals surface area (Å²) < 4.78 is 0.881. The summed E-state index contributed by atoms with van der Waals surface area (Å²) in [6.45, 7) is 2.82. The van der Waals surface area contributed by atoms with Gasteiger partial charge in [0.2, 0.25) is 0 Å². The summed E-state index contributed by atoms with van der Waals surface area (Å²) in [4.78, 5) is 10.7. The Morgan fingerprint density at radius 2 is 2.16 bits per heavy atom. The fourth-order valence-electron chi connectivity index (χ4n) is 2.73. The molecule has 0 heterocycles. The molecule has 19 heavy (non-hydrogen) atoms. The fourth-order valence-corrected chi connectivity index (χ4v) is 3.14. The molecule has 0 bridgehead atoms. The molecule has 1 aliphatic carbocycles. The number of benzene rings is 1. The molecule has 2 rings (SSSR count). The second-order valence-electron chi connectivity index (χ2n) is 5.28. The van der Waals surface area contributed by atoms with Crippen LogP contribution in [0.4, 0.5) is 5.69 Å². The molecule has 4 nitrogen and oxygen atoms in total. The number of hydrogen-bond acceptors (Lipinski definition) is 3. The largest absolute Gasteiger partial charge is 0.309 e. The van der Waals surface area contributed by atoms with Crippen LogP contribution in [0.1, 0.15) is 38.2 Å². The molecule has 1 fully saturated rings. The molecule has 0 radical (unpaired) electrons. The van der Waals surface area contributed by atoms with Crippen molar-refractivity contribution in [3.8, 4) is 0 Å². The summed E-state index contributed by atoms with van der Waals surface area (Å²) in [6, 6.07) is 5.59. The summed E-state index contributed by atoms with van der Waals surface area (Å²) >= 11 is 3.37. The Balaban J connectivity index is 2.05. The number of nitrogens with one attached hydrogen (secondary N) is 1. The molecule has 104 valence electrons. The van der Waals surface area contributed by atoms with Crippen molar-refractivity contribution in [2.75, 3.05) is 0 Å². The Bertz CT molecular complexity index is 465. The van der Waals surface area contributed by atoms with Gasteiger partial charge in [-0.05, 0) is 30.9 Å². The normalized spacial score (nSPS) is 23.3. The van der Waals surface area contributed by atoms with Gasteiger partial charge in [-0.25, -0.2) is 0 Å². The number of hydrogen-bond donors (Lipinski definition) is 1. The SMILES string of the molecule is CC1CCCCC1NCc1cc(Br)ccc1[N+](=O)[O-]. The van der Waals surface area contributed by atoms with E-state index in [1.807, 2.05) is 6.07 Å². The molecule has 1 saturated carbocycles. The lowest BCUT2D eigenvalue weighted by Gasteiger charge is -2.29. The van der Waals surface area contributed by atoms with Crippen LogP contribution in [0.3, 0.4) is 0 Å². The van der Waals surface area contributed by atoms with E-state index in [9.17, 15) is 10.1 Å². The minimum atomic E-state index is -0.312. The summed E-state index contributed by atoms with van der Waals surface area (Å²) in [6.07, 6.45) is 4.97. The van der Waals surface area contributed by atoms with Crippen molar-refractivity contribution in [3.05, 3.63) is 38.3 Å². The van der Waals surface area contributed by atoms with Gasteiger partial charge in [0.1, 0.15) is 0 Å².